The molecule has 7 heteroatoms. The zero-order chi connectivity index (χ0) is 13.9. The van der Waals surface area contributed by atoms with Gasteiger partial charge in [0.2, 0.25) is 10.0 Å². The summed E-state index contributed by atoms with van der Waals surface area (Å²) < 4.78 is 27.7. The van der Waals surface area contributed by atoms with Crippen LogP contribution in [-0.2, 0) is 21.9 Å². The third-order valence-corrected chi connectivity index (χ3v) is 3.87. The van der Waals surface area contributed by atoms with Crippen molar-refractivity contribution in [3.8, 4) is 0 Å². The normalized spacial score (nSPS) is 13.8. The van der Waals surface area contributed by atoms with Crippen LogP contribution in [0.25, 0.3) is 0 Å². The number of sulfonamides is 1. The van der Waals surface area contributed by atoms with Crippen LogP contribution in [0.3, 0.4) is 0 Å². The fraction of sp³-hybridized carbons (Fsp3) is 0.545. The first-order valence-corrected chi connectivity index (χ1v) is 7.08. The highest BCUT2D eigenvalue weighted by molar-refractivity contribution is 7.89. The average molecular weight is 274 g/mol. The van der Waals surface area contributed by atoms with Gasteiger partial charge in [0.25, 0.3) is 0 Å². The molecule has 0 saturated heterocycles. The fourth-order valence-corrected chi connectivity index (χ4v) is 2.82. The molecule has 2 N–H and O–H groups in total. The van der Waals surface area contributed by atoms with Gasteiger partial charge < -0.3 is 9.67 Å². The maximum Gasteiger partial charge on any atom is 0.321 e. The Morgan fingerprint density at radius 2 is 2.11 bits per heavy atom. The molecule has 0 amide bonds. The van der Waals surface area contributed by atoms with Crippen LogP contribution < -0.4 is 4.72 Å². The van der Waals surface area contributed by atoms with E-state index in [-0.39, 0.29) is 17.2 Å². The molecule has 0 bridgehead atoms. The number of carbonyl (C=O) groups is 1. The molecule has 0 radical (unpaired) electrons. The van der Waals surface area contributed by atoms with Gasteiger partial charge in [0.15, 0.2) is 0 Å². The van der Waals surface area contributed by atoms with E-state index in [1.807, 2.05) is 13.8 Å². The van der Waals surface area contributed by atoms with Crippen LogP contribution in [-0.4, -0.2) is 30.1 Å². The Hall–Kier alpha value is -1.34. The minimum Gasteiger partial charge on any atom is -0.480 e. The lowest BCUT2D eigenvalue weighted by molar-refractivity contribution is -0.139. The van der Waals surface area contributed by atoms with E-state index in [0.29, 0.717) is 0 Å². The van der Waals surface area contributed by atoms with Gasteiger partial charge in [-0.1, -0.05) is 13.8 Å². The van der Waals surface area contributed by atoms with E-state index in [2.05, 4.69) is 4.72 Å². The summed E-state index contributed by atoms with van der Waals surface area (Å²) in [5.74, 6) is -1.08. The van der Waals surface area contributed by atoms with E-state index in [9.17, 15) is 13.2 Å². The first-order chi connectivity index (χ1) is 8.22. The second-order valence-electron chi connectivity index (χ2n) is 4.65. The third-order valence-electron chi connectivity index (χ3n) is 2.42. The number of rotatable bonds is 6. The van der Waals surface area contributed by atoms with Crippen molar-refractivity contribution < 1.29 is 18.3 Å². The number of hydrogen-bond acceptors (Lipinski definition) is 3. The molecule has 1 atom stereocenters. The highest BCUT2D eigenvalue weighted by Gasteiger charge is 2.26. The van der Waals surface area contributed by atoms with E-state index in [1.54, 1.807) is 17.8 Å². The molecule has 0 fully saturated rings. The molecule has 1 aromatic rings. The van der Waals surface area contributed by atoms with Crippen LogP contribution in [0, 0.1) is 5.92 Å². The molecule has 0 saturated carbocycles. The second kappa shape index (κ2) is 5.53. The lowest BCUT2D eigenvalue weighted by atomic mass is 10.1. The average Bonchev–Trinajstić information content (AvgIpc) is 2.63. The lowest BCUT2D eigenvalue weighted by Crippen LogP contribution is -2.41. The molecule has 0 unspecified atom stereocenters. The number of aryl methyl sites for hydroxylation is 1. The number of nitrogens with zero attached hydrogens (tertiary/aromatic N) is 1. The summed E-state index contributed by atoms with van der Waals surface area (Å²) in [5.41, 5.74) is 0. The Bertz CT molecular complexity index is 519. The van der Waals surface area contributed by atoms with Gasteiger partial charge in [-0.15, -0.1) is 0 Å². The van der Waals surface area contributed by atoms with Gasteiger partial charge in [-0.05, 0) is 18.4 Å². The van der Waals surface area contributed by atoms with Gasteiger partial charge in [0, 0.05) is 19.4 Å². The summed E-state index contributed by atoms with van der Waals surface area (Å²) in [7, 11) is -2.08. The van der Waals surface area contributed by atoms with E-state index in [0.717, 1.165) is 0 Å². The second-order valence-corrected chi connectivity index (χ2v) is 6.37. The predicted octanol–water partition coefficient (Wildman–Crippen LogP) is 0.803. The van der Waals surface area contributed by atoms with Gasteiger partial charge in [0.1, 0.15) is 6.04 Å². The number of carboxylic acids is 1. The van der Waals surface area contributed by atoms with Crippen molar-refractivity contribution >= 4 is 16.0 Å². The number of aromatic nitrogens is 1. The molecule has 0 aliphatic carbocycles. The number of aliphatic carboxylic acids is 1. The minimum atomic E-state index is -3.78. The monoisotopic (exact) mass is 274 g/mol. The molecule has 0 spiro atoms. The van der Waals surface area contributed by atoms with Crippen LogP contribution in [0.15, 0.2) is 23.4 Å². The molecule has 6 nitrogen and oxygen atoms in total. The van der Waals surface area contributed by atoms with Crippen molar-refractivity contribution in [1.82, 2.24) is 9.29 Å². The predicted molar refractivity (Wildman–Crippen MR) is 66.6 cm³/mol. The van der Waals surface area contributed by atoms with Crippen molar-refractivity contribution in [3.05, 3.63) is 18.5 Å². The Kier molecular flexibility index (Phi) is 4.53. The van der Waals surface area contributed by atoms with Gasteiger partial charge in [0.05, 0.1) is 4.90 Å². The molecule has 1 heterocycles. The van der Waals surface area contributed by atoms with E-state index in [4.69, 9.17) is 5.11 Å². The summed E-state index contributed by atoms with van der Waals surface area (Å²) in [6.07, 6.45) is 3.27. The number of hydrogen-bond donors (Lipinski definition) is 2. The zero-order valence-corrected chi connectivity index (χ0v) is 11.4. The molecular formula is C11H18N2O4S. The third kappa shape index (κ3) is 3.85. The lowest BCUT2D eigenvalue weighted by Gasteiger charge is -2.15. The Morgan fingerprint density at radius 1 is 1.50 bits per heavy atom. The van der Waals surface area contributed by atoms with Crippen LogP contribution in [0.1, 0.15) is 20.3 Å². The van der Waals surface area contributed by atoms with Gasteiger partial charge in [-0.25, -0.2) is 8.42 Å². The largest absolute Gasteiger partial charge is 0.480 e. The van der Waals surface area contributed by atoms with E-state index in [1.165, 1.54) is 12.3 Å². The fourth-order valence-electron chi connectivity index (χ4n) is 1.56. The van der Waals surface area contributed by atoms with Crippen molar-refractivity contribution in [2.75, 3.05) is 0 Å². The van der Waals surface area contributed by atoms with Gasteiger partial charge in [-0.3, -0.25) is 4.79 Å². The van der Waals surface area contributed by atoms with Crippen LogP contribution in [0.2, 0.25) is 0 Å². The molecule has 1 aromatic heterocycles. The minimum absolute atomic E-state index is 0.0695. The molecule has 18 heavy (non-hydrogen) atoms. The van der Waals surface area contributed by atoms with Crippen molar-refractivity contribution in [2.24, 2.45) is 13.0 Å². The van der Waals surface area contributed by atoms with Crippen molar-refractivity contribution in [1.29, 1.82) is 0 Å². The first kappa shape index (κ1) is 14.7. The highest BCUT2D eigenvalue weighted by Crippen LogP contribution is 2.12. The maximum atomic E-state index is 12.0. The maximum absolute atomic E-state index is 12.0. The molecule has 0 aromatic carbocycles. The molecule has 1 rings (SSSR count). The van der Waals surface area contributed by atoms with Crippen molar-refractivity contribution in [3.63, 3.8) is 0 Å². The molecule has 0 aliphatic rings. The Morgan fingerprint density at radius 3 is 2.50 bits per heavy atom. The highest BCUT2D eigenvalue weighted by atomic mass is 32.2. The van der Waals surface area contributed by atoms with Crippen molar-refractivity contribution in [2.45, 2.75) is 31.2 Å². The summed E-state index contributed by atoms with van der Waals surface area (Å²) in [6.45, 7) is 3.68. The molecule has 102 valence electrons. The van der Waals surface area contributed by atoms with Gasteiger partial charge in [-0.2, -0.15) is 4.72 Å². The molecule has 0 aliphatic heterocycles. The first-order valence-electron chi connectivity index (χ1n) is 5.59. The summed E-state index contributed by atoms with van der Waals surface area (Å²) in [6, 6.07) is 0.326. The van der Waals surface area contributed by atoms with E-state index < -0.39 is 22.0 Å². The standard InChI is InChI=1S/C11H18N2O4S/c1-8(2)6-10(11(14)15)12-18(16,17)9-4-5-13(3)7-9/h4-5,7-8,10,12H,6H2,1-3H3,(H,14,15)/t10-/m1/s1. The Labute approximate surface area is 107 Å². The van der Waals surface area contributed by atoms with Crippen LogP contribution >= 0.6 is 0 Å². The zero-order valence-electron chi connectivity index (χ0n) is 10.6. The topological polar surface area (TPSA) is 88.4 Å². The molecular weight excluding hydrogens is 256 g/mol. The number of nitrogens with one attached hydrogen (secondary N) is 1. The van der Waals surface area contributed by atoms with E-state index >= 15 is 0 Å². The van der Waals surface area contributed by atoms with Crippen LogP contribution in [0.4, 0.5) is 0 Å². The SMILES string of the molecule is CC(C)C[C@@H](NS(=O)(=O)c1ccn(C)c1)C(=O)O. The number of carboxylic acid groups (broad SMARTS) is 1. The summed E-state index contributed by atoms with van der Waals surface area (Å²) >= 11 is 0. The summed E-state index contributed by atoms with van der Waals surface area (Å²) in [5, 5.41) is 9.01. The van der Waals surface area contributed by atoms with Crippen LogP contribution in [0.5, 0.6) is 0 Å². The van der Waals surface area contributed by atoms with Gasteiger partial charge >= 0.3 is 5.97 Å². The Balaban J connectivity index is 2.89. The summed E-state index contributed by atoms with van der Waals surface area (Å²) in [4.78, 5) is 11.1. The quantitative estimate of drug-likeness (QED) is 0.803. The smallest absolute Gasteiger partial charge is 0.321 e.